The molecule has 108 valence electrons. The molecule has 0 amide bonds. The summed E-state index contributed by atoms with van der Waals surface area (Å²) in [4.78, 5) is 11.4. The van der Waals surface area contributed by atoms with Crippen molar-refractivity contribution in [2.24, 2.45) is 0 Å². The lowest BCUT2D eigenvalue weighted by molar-refractivity contribution is -0.143. The Kier molecular flexibility index (Phi) is 5.14. The average molecular weight is 285 g/mol. The predicted octanol–water partition coefficient (Wildman–Crippen LogP) is 3.25. The molecule has 20 heavy (non-hydrogen) atoms. The van der Waals surface area contributed by atoms with Crippen LogP contribution in [-0.2, 0) is 28.5 Å². The summed E-state index contributed by atoms with van der Waals surface area (Å²) in [5.41, 5.74) is -1.37. The van der Waals surface area contributed by atoms with Gasteiger partial charge in [-0.05, 0) is 24.5 Å². The van der Waals surface area contributed by atoms with E-state index in [0.717, 1.165) is 0 Å². The number of aryl methyl sites for hydroxylation is 1. The number of alkyl halides is 3. The summed E-state index contributed by atoms with van der Waals surface area (Å²) in [5.74, 6) is -0.744. The van der Waals surface area contributed by atoms with Gasteiger partial charge in [0.05, 0.1) is 24.2 Å². The monoisotopic (exact) mass is 285 g/mol. The molecular formula is C14H14F3NO2. The van der Waals surface area contributed by atoms with E-state index >= 15 is 0 Å². The third kappa shape index (κ3) is 3.50. The molecule has 0 unspecified atom stereocenters. The number of hydrogen-bond donors (Lipinski definition) is 0. The SMILES string of the molecule is CCOC(=O)Cc1ccc(CC)c(C#N)c1C(F)(F)F. The van der Waals surface area contributed by atoms with Crippen molar-refractivity contribution < 1.29 is 22.7 Å². The van der Waals surface area contributed by atoms with E-state index < -0.39 is 29.7 Å². The minimum Gasteiger partial charge on any atom is -0.466 e. The maximum atomic E-state index is 13.1. The topological polar surface area (TPSA) is 50.1 Å². The first-order valence-electron chi connectivity index (χ1n) is 6.12. The molecule has 0 aliphatic carbocycles. The van der Waals surface area contributed by atoms with E-state index in [2.05, 4.69) is 4.74 Å². The molecule has 1 rings (SSSR count). The zero-order valence-corrected chi connectivity index (χ0v) is 11.2. The van der Waals surface area contributed by atoms with Crippen LogP contribution in [0.15, 0.2) is 12.1 Å². The Bertz CT molecular complexity index is 545. The number of ether oxygens (including phenoxy) is 1. The van der Waals surface area contributed by atoms with Gasteiger partial charge in [0.15, 0.2) is 0 Å². The molecule has 0 aliphatic rings. The highest BCUT2D eigenvalue weighted by Crippen LogP contribution is 2.36. The molecule has 0 heterocycles. The molecule has 0 aliphatic heterocycles. The van der Waals surface area contributed by atoms with E-state index in [1.165, 1.54) is 12.1 Å². The van der Waals surface area contributed by atoms with Crippen LogP contribution >= 0.6 is 0 Å². The van der Waals surface area contributed by atoms with Crippen molar-refractivity contribution in [2.75, 3.05) is 6.61 Å². The standard InChI is InChI=1S/C14H14F3NO2/c1-3-9-5-6-10(7-12(19)20-4-2)13(11(9)8-18)14(15,16)17/h5-6H,3-4,7H2,1-2H3. The number of nitriles is 1. The quantitative estimate of drug-likeness (QED) is 0.798. The molecule has 3 nitrogen and oxygen atoms in total. The molecule has 0 radical (unpaired) electrons. The van der Waals surface area contributed by atoms with E-state index in [0.29, 0.717) is 12.0 Å². The van der Waals surface area contributed by atoms with Gasteiger partial charge in [-0.15, -0.1) is 0 Å². The Morgan fingerprint density at radius 2 is 1.90 bits per heavy atom. The van der Waals surface area contributed by atoms with Crippen molar-refractivity contribution >= 4 is 5.97 Å². The number of nitrogens with zero attached hydrogens (tertiary/aromatic N) is 1. The van der Waals surface area contributed by atoms with Crippen LogP contribution in [0.2, 0.25) is 0 Å². The first kappa shape index (κ1) is 16.0. The Balaban J connectivity index is 3.39. The minimum absolute atomic E-state index is 0.0956. The van der Waals surface area contributed by atoms with Crippen molar-refractivity contribution in [2.45, 2.75) is 32.9 Å². The Labute approximate surface area is 115 Å². The number of rotatable bonds is 4. The van der Waals surface area contributed by atoms with Crippen LogP contribution < -0.4 is 0 Å². The number of esters is 1. The van der Waals surface area contributed by atoms with Gasteiger partial charge in [-0.1, -0.05) is 19.1 Å². The first-order valence-corrected chi connectivity index (χ1v) is 6.12. The smallest absolute Gasteiger partial charge is 0.417 e. The Morgan fingerprint density at radius 3 is 2.35 bits per heavy atom. The van der Waals surface area contributed by atoms with Gasteiger partial charge in [0.25, 0.3) is 0 Å². The van der Waals surface area contributed by atoms with Gasteiger partial charge in [-0.25, -0.2) is 0 Å². The summed E-state index contributed by atoms with van der Waals surface area (Å²) in [6.07, 6.45) is -4.87. The zero-order valence-electron chi connectivity index (χ0n) is 11.2. The lowest BCUT2D eigenvalue weighted by atomic mass is 9.93. The Morgan fingerprint density at radius 1 is 1.30 bits per heavy atom. The third-order valence-electron chi connectivity index (χ3n) is 2.79. The van der Waals surface area contributed by atoms with Crippen molar-refractivity contribution in [1.82, 2.24) is 0 Å². The summed E-state index contributed by atoms with van der Waals surface area (Å²) >= 11 is 0. The van der Waals surface area contributed by atoms with E-state index in [-0.39, 0.29) is 12.2 Å². The van der Waals surface area contributed by atoms with Crippen molar-refractivity contribution in [3.05, 3.63) is 34.4 Å². The average Bonchev–Trinajstić information content (AvgIpc) is 2.36. The molecule has 0 fully saturated rings. The summed E-state index contributed by atoms with van der Waals surface area (Å²) < 4.78 is 44.1. The molecular weight excluding hydrogens is 271 g/mol. The highest BCUT2D eigenvalue weighted by molar-refractivity contribution is 5.73. The molecule has 0 aromatic heterocycles. The van der Waals surface area contributed by atoms with Gasteiger partial charge in [0.2, 0.25) is 0 Å². The van der Waals surface area contributed by atoms with Gasteiger partial charge in [-0.2, -0.15) is 18.4 Å². The molecule has 0 N–H and O–H groups in total. The number of carbonyl (C=O) groups is 1. The van der Waals surface area contributed by atoms with Gasteiger partial charge in [-0.3, -0.25) is 4.79 Å². The fourth-order valence-electron chi connectivity index (χ4n) is 1.95. The highest BCUT2D eigenvalue weighted by Gasteiger charge is 2.37. The molecule has 0 saturated carbocycles. The lowest BCUT2D eigenvalue weighted by Crippen LogP contribution is -2.17. The second-order valence-electron chi connectivity index (χ2n) is 4.08. The number of hydrogen-bond acceptors (Lipinski definition) is 3. The van der Waals surface area contributed by atoms with E-state index in [1.54, 1.807) is 19.9 Å². The third-order valence-corrected chi connectivity index (χ3v) is 2.79. The minimum atomic E-state index is -4.68. The van der Waals surface area contributed by atoms with Gasteiger partial charge in [0, 0.05) is 0 Å². The van der Waals surface area contributed by atoms with Crippen LogP contribution in [0.25, 0.3) is 0 Å². The second-order valence-corrected chi connectivity index (χ2v) is 4.08. The maximum Gasteiger partial charge on any atom is 0.417 e. The van der Waals surface area contributed by atoms with Crippen LogP contribution in [0.4, 0.5) is 13.2 Å². The Hall–Kier alpha value is -2.03. The second kappa shape index (κ2) is 6.42. The molecule has 1 aromatic rings. The number of carbonyl (C=O) groups excluding carboxylic acids is 1. The summed E-state index contributed by atoms with van der Waals surface area (Å²) in [6.45, 7) is 3.34. The molecule has 0 saturated heterocycles. The van der Waals surface area contributed by atoms with Crippen LogP contribution in [-0.4, -0.2) is 12.6 Å². The summed E-state index contributed by atoms with van der Waals surface area (Å²) in [7, 11) is 0. The molecule has 0 spiro atoms. The van der Waals surface area contributed by atoms with Gasteiger partial charge in [0.1, 0.15) is 6.07 Å². The largest absolute Gasteiger partial charge is 0.466 e. The van der Waals surface area contributed by atoms with E-state index in [1.807, 2.05) is 0 Å². The fraction of sp³-hybridized carbons (Fsp3) is 0.429. The normalized spacial score (nSPS) is 11.0. The molecule has 0 bridgehead atoms. The van der Waals surface area contributed by atoms with E-state index in [4.69, 9.17) is 5.26 Å². The highest BCUT2D eigenvalue weighted by atomic mass is 19.4. The van der Waals surface area contributed by atoms with Gasteiger partial charge < -0.3 is 4.74 Å². The summed E-state index contributed by atoms with van der Waals surface area (Å²) in [5, 5.41) is 8.99. The van der Waals surface area contributed by atoms with Crippen molar-refractivity contribution in [1.29, 1.82) is 5.26 Å². The number of benzene rings is 1. The van der Waals surface area contributed by atoms with Crippen LogP contribution in [0.3, 0.4) is 0 Å². The van der Waals surface area contributed by atoms with Crippen molar-refractivity contribution in [3.8, 4) is 6.07 Å². The van der Waals surface area contributed by atoms with Crippen LogP contribution in [0.1, 0.15) is 36.1 Å². The van der Waals surface area contributed by atoms with Crippen molar-refractivity contribution in [3.63, 3.8) is 0 Å². The van der Waals surface area contributed by atoms with Gasteiger partial charge >= 0.3 is 12.1 Å². The fourth-order valence-corrected chi connectivity index (χ4v) is 1.95. The molecule has 6 heteroatoms. The van der Waals surface area contributed by atoms with Crippen LogP contribution in [0.5, 0.6) is 0 Å². The maximum absolute atomic E-state index is 13.1. The van der Waals surface area contributed by atoms with Crippen LogP contribution in [0, 0.1) is 11.3 Å². The molecule has 1 aromatic carbocycles. The summed E-state index contributed by atoms with van der Waals surface area (Å²) in [6, 6.07) is 4.28. The number of halogens is 3. The zero-order chi connectivity index (χ0) is 15.3. The first-order chi connectivity index (χ1) is 9.35. The van der Waals surface area contributed by atoms with E-state index in [9.17, 15) is 18.0 Å². The molecule has 0 atom stereocenters. The lowest BCUT2D eigenvalue weighted by Gasteiger charge is -2.16. The predicted molar refractivity (Wildman–Crippen MR) is 65.9 cm³/mol.